The standard InChI is InChI=1S/C11H17NO2S.ClH/c1-7(2)10-5-4-8(15-10)6-9(12)11(13)14-3;/h4-5,7,9H,6,12H2,1-3H3;1H. The number of rotatable bonds is 4. The lowest BCUT2D eigenvalue weighted by atomic mass is 10.1. The van der Waals surface area contributed by atoms with Crippen molar-refractivity contribution in [3.8, 4) is 0 Å². The molecule has 0 saturated carbocycles. The van der Waals surface area contributed by atoms with Crippen molar-refractivity contribution in [1.29, 1.82) is 0 Å². The van der Waals surface area contributed by atoms with Crippen LogP contribution in [0.4, 0.5) is 0 Å². The molecule has 1 aromatic heterocycles. The van der Waals surface area contributed by atoms with Crippen molar-refractivity contribution in [2.75, 3.05) is 7.11 Å². The van der Waals surface area contributed by atoms with Gasteiger partial charge in [0.1, 0.15) is 6.04 Å². The minimum Gasteiger partial charge on any atom is -0.468 e. The Bertz CT molecular complexity index is 338. The first-order chi connectivity index (χ1) is 7.04. The summed E-state index contributed by atoms with van der Waals surface area (Å²) in [6, 6.07) is 3.57. The van der Waals surface area contributed by atoms with Gasteiger partial charge in [0, 0.05) is 16.2 Å². The van der Waals surface area contributed by atoms with Gasteiger partial charge in [-0.05, 0) is 18.1 Å². The Morgan fingerprint density at radius 1 is 1.50 bits per heavy atom. The summed E-state index contributed by atoms with van der Waals surface area (Å²) < 4.78 is 4.58. The molecule has 3 nitrogen and oxygen atoms in total. The van der Waals surface area contributed by atoms with E-state index in [2.05, 4.69) is 24.7 Å². The van der Waals surface area contributed by atoms with Gasteiger partial charge in [0.25, 0.3) is 0 Å². The summed E-state index contributed by atoms with van der Waals surface area (Å²) in [5.41, 5.74) is 5.68. The van der Waals surface area contributed by atoms with Crippen LogP contribution in [0.25, 0.3) is 0 Å². The van der Waals surface area contributed by atoms with Crippen LogP contribution in [0.3, 0.4) is 0 Å². The molecule has 0 fully saturated rings. The first-order valence-corrected chi connectivity index (χ1v) is 5.78. The van der Waals surface area contributed by atoms with Gasteiger partial charge in [0.2, 0.25) is 0 Å². The predicted molar refractivity (Wildman–Crippen MR) is 69.4 cm³/mol. The van der Waals surface area contributed by atoms with Crippen molar-refractivity contribution < 1.29 is 9.53 Å². The molecular formula is C11H18ClNO2S. The fourth-order valence-corrected chi connectivity index (χ4v) is 2.34. The smallest absolute Gasteiger partial charge is 0.323 e. The number of methoxy groups -OCH3 is 1. The average Bonchev–Trinajstić information content (AvgIpc) is 2.65. The Kier molecular flexibility index (Phi) is 6.64. The second-order valence-electron chi connectivity index (χ2n) is 3.79. The molecule has 0 spiro atoms. The highest BCUT2D eigenvalue weighted by Gasteiger charge is 2.15. The van der Waals surface area contributed by atoms with Crippen LogP contribution in [0.15, 0.2) is 12.1 Å². The molecule has 1 unspecified atom stereocenters. The van der Waals surface area contributed by atoms with Crippen LogP contribution in [-0.2, 0) is 16.0 Å². The third kappa shape index (κ3) is 4.12. The normalized spacial score (nSPS) is 12.1. The molecule has 0 saturated heterocycles. The number of ether oxygens (including phenoxy) is 1. The Morgan fingerprint density at radius 2 is 2.12 bits per heavy atom. The fourth-order valence-electron chi connectivity index (χ4n) is 1.27. The van der Waals surface area contributed by atoms with Crippen molar-refractivity contribution in [2.45, 2.75) is 32.2 Å². The largest absolute Gasteiger partial charge is 0.468 e. The molecule has 0 radical (unpaired) electrons. The van der Waals surface area contributed by atoms with Crippen molar-refractivity contribution in [1.82, 2.24) is 0 Å². The molecule has 0 aliphatic rings. The van der Waals surface area contributed by atoms with Crippen LogP contribution in [-0.4, -0.2) is 19.1 Å². The van der Waals surface area contributed by atoms with Gasteiger partial charge in [-0.15, -0.1) is 23.7 Å². The number of esters is 1. The van der Waals surface area contributed by atoms with Crippen LogP contribution in [0, 0.1) is 0 Å². The molecule has 0 bridgehead atoms. The van der Waals surface area contributed by atoms with Crippen molar-refractivity contribution in [3.63, 3.8) is 0 Å². The van der Waals surface area contributed by atoms with E-state index in [-0.39, 0.29) is 18.4 Å². The molecule has 0 aromatic carbocycles. The third-order valence-electron chi connectivity index (χ3n) is 2.18. The van der Waals surface area contributed by atoms with E-state index in [1.807, 2.05) is 6.07 Å². The molecule has 1 aromatic rings. The van der Waals surface area contributed by atoms with Crippen LogP contribution >= 0.6 is 23.7 Å². The Balaban J connectivity index is 0.00000225. The highest BCUT2D eigenvalue weighted by molar-refractivity contribution is 7.12. The van der Waals surface area contributed by atoms with Gasteiger partial charge in [-0.1, -0.05) is 13.8 Å². The van der Waals surface area contributed by atoms with Crippen LogP contribution in [0.5, 0.6) is 0 Å². The maximum Gasteiger partial charge on any atom is 0.323 e. The molecule has 5 heteroatoms. The van der Waals surface area contributed by atoms with E-state index in [0.717, 1.165) is 4.88 Å². The average molecular weight is 264 g/mol. The molecular weight excluding hydrogens is 246 g/mol. The van der Waals surface area contributed by atoms with Crippen LogP contribution in [0.2, 0.25) is 0 Å². The third-order valence-corrected chi connectivity index (χ3v) is 3.58. The molecule has 92 valence electrons. The number of hydrogen-bond acceptors (Lipinski definition) is 4. The summed E-state index contributed by atoms with van der Waals surface area (Å²) in [4.78, 5) is 13.6. The first kappa shape index (κ1) is 15.4. The van der Waals surface area contributed by atoms with Crippen molar-refractivity contribution in [3.05, 3.63) is 21.9 Å². The number of hydrogen-bond donors (Lipinski definition) is 1. The van der Waals surface area contributed by atoms with E-state index in [4.69, 9.17) is 5.73 Å². The molecule has 1 atom stereocenters. The van der Waals surface area contributed by atoms with Gasteiger partial charge in [0.15, 0.2) is 0 Å². The van der Waals surface area contributed by atoms with Crippen molar-refractivity contribution >= 4 is 29.7 Å². The summed E-state index contributed by atoms with van der Waals surface area (Å²) in [5.74, 6) is 0.174. The van der Waals surface area contributed by atoms with E-state index >= 15 is 0 Å². The van der Waals surface area contributed by atoms with Gasteiger partial charge < -0.3 is 10.5 Å². The molecule has 0 aliphatic heterocycles. The van der Waals surface area contributed by atoms with Crippen LogP contribution in [0.1, 0.15) is 29.5 Å². The Morgan fingerprint density at radius 3 is 2.56 bits per heavy atom. The Labute approximate surface area is 106 Å². The van der Waals surface area contributed by atoms with E-state index in [1.54, 1.807) is 11.3 Å². The number of halogens is 1. The fraction of sp³-hybridized carbons (Fsp3) is 0.545. The van der Waals surface area contributed by atoms with Gasteiger partial charge in [-0.25, -0.2) is 0 Å². The van der Waals surface area contributed by atoms with Gasteiger partial charge in [0.05, 0.1) is 7.11 Å². The molecule has 1 rings (SSSR count). The summed E-state index contributed by atoms with van der Waals surface area (Å²) in [5, 5.41) is 0. The lowest BCUT2D eigenvalue weighted by Crippen LogP contribution is -2.33. The highest BCUT2D eigenvalue weighted by atomic mass is 35.5. The van der Waals surface area contributed by atoms with E-state index in [9.17, 15) is 4.79 Å². The number of nitrogens with two attached hydrogens (primary N) is 1. The molecule has 0 amide bonds. The maximum absolute atomic E-state index is 11.1. The summed E-state index contributed by atoms with van der Waals surface area (Å²) in [6.07, 6.45) is 0.560. The molecule has 1 heterocycles. The molecule has 2 N–H and O–H groups in total. The lowest BCUT2D eigenvalue weighted by Gasteiger charge is -2.06. The quantitative estimate of drug-likeness (QED) is 0.849. The van der Waals surface area contributed by atoms with Gasteiger partial charge >= 0.3 is 5.97 Å². The van der Waals surface area contributed by atoms with Gasteiger partial charge in [-0.2, -0.15) is 0 Å². The summed E-state index contributed by atoms with van der Waals surface area (Å²) in [6.45, 7) is 4.30. The zero-order valence-corrected chi connectivity index (χ0v) is 11.4. The predicted octanol–water partition coefficient (Wildman–Crippen LogP) is 2.34. The number of thiophene rings is 1. The van der Waals surface area contributed by atoms with E-state index in [0.29, 0.717) is 12.3 Å². The molecule has 16 heavy (non-hydrogen) atoms. The lowest BCUT2D eigenvalue weighted by molar-refractivity contribution is -0.142. The zero-order chi connectivity index (χ0) is 11.4. The van der Waals surface area contributed by atoms with Gasteiger partial charge in [-0.3, -0.25) is 4.79 Å². The first-order valence-electron chi connectivity index (χ1n) is 4.96. The zero-order valence-electron chi connectivity index (χ0n) is 9.73. The topological polar surface area (TPSA) is 52.3 Å². The molecule has 0 aliphatic carbocycles. The van der Waals surface area contributed by atoms with E-state index < -0.39 is 6.04 Å². The second-order valence-corrected chi connectivity index (χ2v) is 4.99. The minimum atomic E-state index is -0.548. The van der Waals surface area contributed by atoms with Crippen LogP contribution < -0.4 is 5.73 Å². The summed E-state index contributed by atoms with van der Waals surface area (Å²) in [7, 11) is 1.36. The monoisotopic (exact) mass is 263 g/mol. The SMILES string of the molecule is COC(=O)C(N)Cc1ccc(C(C)C)s1.Cl. The van der Waals surface area contributed by atoms with Crippen molar-refractivity contribution in [2.24, 2.45) is 5.73 Å². The number of carbonyl (C=O) groups is 1. The number of carbonyl (C=O) groups excluding carboxylic acids is 1. The minimum absolute atomic E-state index is 0. The van der Waals surface area contributed by atoms with E-state index in [1.165, 1.54) is 12.0 Å². The Hall–Kier alpha value is -0.580. The maximum atomic E-state index is 11.1. The highest BCUT2D eigenvalue weighted by Crippen LogP contribution is 2.24. The summed E-state index contributed by atoms with van der Waals surface area (Å²) >= 11 is 1.71. The second kappa shape index (κ2) is 6.89.